The topological polar surface area (TPSA) is 106 Å². The van der Waals surface area contributed by atoms with Crippen LogP contribution in [0.3, 0.4) is 0 Å². The average molecular weight is 528 g/mol. The molecule has 0 aliphatic carbocycles. The van der Waals surface area contributed by atoms with Gasteiger partial charge in [0.25, 0.3) is 0 Å². The Labute approximate surface area is 226 Å². The molecule has 8 heteroatoms. The fourth-order valence-electron chi connectivity index (χ4n) is 3.79. The highest BCUT2D eigenvalue weighted by atomic mass is 16.5. The molecule has 0 aromatic rings. The zero-order valence-corrected chi connectivity index (χ0v) is 25.7. The summed E-state index contributed by atoms with van der Waals surface area (Å²) in [5, 5.41) is 9.19. The molecule has 0 fully saturated rings. The van der Waals surface area contributed by atoms with Gasteiger partial charge in [-0.05, 0) is 80.6 Å². The Morgan fingerprint density at radius 2 is 1.30 bits per heavy atom. The van der Waals surface area contributed by atoms with Crippen LogP contribution >= 0.6 is 0 Å². The first kappa shape index (κ1) is 35.5. The lowest BCUT2D eigenvalue weighted by Gasteiger charge is -2.32. The summed E-state index contributed by atoms with van der Waals surface area (Å²) in [6, 6.07) is -0.179. The summed E-state index contributed by atoms with van der Waals surface area (Å²) in [5.74, 6) is 0.187. The minimum Gasteiger partial charge on any atom is -0.375 e. The summed E-state index contributed by atoms with van der Waals surface area (Å²) < 4.78 is 11.9. The Hall–Kier alpha value is -1.51. The van der Waals surface area contributed by atoms with Gasteiger partial charge in [-0.15, -0.1) is 0 Å². The SMILES string of the molecule is CC(=O)NCCOC(C)(C)CCOC(C)(C)CCC(=O)NCCCCC(NC(C)(C)C)C(=O)C(C)(C)C. The second kappa shape index (κ2) is 15.8. The number of ketones is 1. The molecule has 0 aliphatic rings. The Morgan fingerprint density at radius 1 is 0.730 bits per heavy atom. The number of ether oxygens (including phenoxy) is 2. The largest absolute Gasteiger partial charge is 0.375 e. The molecule has 0 aliphatic heterocycles. The summed E-state index contributed by atoms with van der Waals surface area (Å²) in [7, 11) is 0. The van der Waals surface area contributed by atoms with Crippen LogP contribution < -0.4 is 16.0 Å². The van der Waals surface area contributed by atoms with Crippen LogP contribution in [0.1, 0.15) is 115 Å². The molecule has 2 amide bonds. The van der Waals surface area contributed by atoms with E-state index in [0.29, 0.717) is 45.6 Å². The van der Waals surface area contributed by atoms with Crippen molar-refractivity contribution in [3.8, 4) is 0 Å². The fraction of sp³-hybridized carbons (Fsp3) is 0.897. The van der Waals surface area contributed by atoms with Crippen LogP contribution in [0.15, 0.2) is 0 Å². The lowest BCUT2D eigenvalue weighted by atomic mass is 9.84. The van der Waals surface area contributed by atoms with E-state index in [1.165, 1.54) is 6.92 Å². The van der Waals surface area contributed by atoms with Crippen molar-refractivity contribution in [2.75, 3.05) is 26.3 Å². The van der Waals surface area contributed by atoms with Gasteiger partial charge in [-0.25, -0.2) is 0 Å². The van der Waals surface area contributed by atoms with Crippen molar-refractivity contribution in [2.45, 2.75) is 137 Å². The van der Waals surface area contributed by atoms with Gasteiger partial charge in [-0.1, -0.05) is 20.8 Å². The van der Waals surface area contributed by atoms with E-state index < -0.39 is 5.60 Å². The quantitative estimate of drug-likeness (QED) is 0.226. The molecule has 0 aromatic heterocycles. The third-order valence-electron chi connectivity index (χ3n) is 6.02. The van der Waals surface area contributed by atoms with Crippen molar-refractivity contribution in [1.82, 2.24) is 16.0 Å². The van der Waals surface area contributed by atoms with Gasteiger partial charge < -0.3 is 25.4 Å². The van der Waals surface area contributed by atoms with E-state index in [9.17, 15) is 14.4 Å². The summed E-state index contributed by atoms with van der Waals surface area (Å²) in [6.07, 6.45) is 4.21. The second-order valence-corrected chi connectivity index (χ2v) is 13.4. The number of nitrogens with one attached hydrogen (secondary N) is 3. The van der Waals surface area contributed by atoms with Gasteiger partial charge in [0.2, 0.25) is 11.8 Å². The van der Waals surface area contributed by atoms with Crippen molar-refractivity contribution in [2.24, 2.45) is 5.41 Å². The minimum absolute atomic E-state index is 0.0217. The number of rotatable bonds is 18. The molecule has 0 saturated heterocycles. The molecular weight excluding hydrogens is 470 g/mol. The van der Waals surface area contributed by atoms with Crippen molar-refractivity contribution in [3.05, 3.63) is 0 Å². The van der Waals surface area contributed by atoms with Gasteiger partial charge in [0.15, 0.2) is 5.78 Å². The first-order chi connectivity index (χ1) is 16.7. The first-order valence-electron chi connectivity index (χ1n) is 13.9. The van der Waals surface area contributed by atoms with Crippen LogP contribution in [-0.4, -0.2) is 66.7 Å². The normalized spacial score (nSPS) is 13.8. The highest BCUT2D eigenvalue weighted by molar-refractivity contribution is 5.88. The maximum Gasteiger partial charge on any atom is 0.220 e. The van der Waals surface area contributed by atoms with Gasteiger partial charge in [0, 0.05) is 37.4 Å². The third kappa shape index (κ3) is 19.2. The van der Waals surface area contributed by atoms with E-state index in [-0.39, 0.29) is 40.2 Å². The molecule has 0 heterocycles. The van der Waals surface area contributed by atoms with E-state index in [1.54, 1.807) is 0 Å². The first-order valence-corrected chi connectivity index (χ1v) is 13.9. The second-order valence-electron chi connectivity index (χ2n) is 13.4. The lowest BCUT2D eigenvalue weighted by Crippen LogP contribution is -2.50. The zero-order chi connectivity index (χ0) is 28.9. The van der Waals surface area contributed by atoms with E-state index in [1.807, 2.05) is 48.5 Å². The molecule has 1 atom stereocenters. The molecular formula is C29H57N3O5. The number of Topliss-reactive ketones (excluding diaryl/α,β-unsaturated/α-hetero) is 1. The molecule has 1 unspecified atom stereocenters. The molecule has 37 heavy (non-hydrogen) atoms. The number of hydrogen-bond acceptors (Lipinski definition) is 6. The van der Waals surface area contributed by atoms with Crippen LogP contribution in [0, 0.1) is 5.41 Å². The van der Waals surface area contributed by atoms with E-state index in [2.05, 4.69) is 36.7 Å². The number of carbonyl (C=O) groups is 3. The maximum atomic E-state index is 12.8. The van der Waals surface area contributed by atoms with Gasteiger partial charge in [-0.3, -0.25) is 14.4 Å². The summed E-state index contributed by atoms with van der Waals surface area (Å²) in [4.78, 5) is 36.1. The van der Waals surface area contributed by atoms with Crippen LogP contribution in [0.5, 0.6) is 0 Å². The maximum absolute atomic E-state index is 12.8. The molecule has 218 valence electrons. The molecule has 0 spiro atoms. The third-order valence-corrected chi connectivity index (χ3v) is 6.02. The number of carbonyl (C=O) groups excluding carboxylic acids is 3. The monoisotopic (exact) mass is 527 g/mol. The highest BCUT2D eigenvalue weighted by Gasteiger charge is 2.31. The van der Waals surface area contributed by atoms with Gasteiger partial charge in [-0.2, -0.15) is 0 Å². The smallest absolute Gasteiger partial charge is 0.220 e. The van der Waals surface area contributed by atoms with Crippen molar-refractivity contribution >= 4 is 17.6 Å². The molecule has 0 aromatic carbocycles. The van der Waals surface area contributed by atoms with Crippen LogP contribution in [0.4, 0.5) is 0 Å². The molecule has 0 bridgehead atoms. The van der Waals surface area contributed by atoms with Gasteiger partial charge >= 0.3 is 0 Å². The van der Waals surface area contributed by atoms with Crippen molar-refractivity contribution in [3.63, 3.8) is 0 Å². The van der Waals surface area contributed by atoms with Gasteiger partial charge in [0.05, 0.1) is 30.5 Å². The van der Waals surface area contributed by atoms with Crippen LogP contribution in [-0.2, 0) is 23.9 Å². The zero-order valence-electron chi connectivity index (χ0n) is 25.7. The lowest BCUT2D eigenvalue weighted by molar-refractivity contribution is -0.129. The minimum atomic E-state index is -0.414. The van der Waals surface area contributed by atoms with E-state index in [4.69, 9.17) is 9.47 Å². The predicted octanol–water partition coefficient (Wildman–Crippen LogP) is 4.54. The van der Waals surface area contributed by atoms with Crippen LogP contribution in [0.25, 0.3) is 0 Å². The average Bonchev–Trinajstić information content (AvgIpc) is 2.72. The highest BCUT2D eigenvalue weighted by Crippen LogP contribution is 2.22. The standard InChI is InChI=1S/C29H57N3O5/c1-22(33)30-19-21-37-29(10,11)17-20-36-28(8,9)16-15-24(34)31-18-13-12-14-23(32-27(5,6)7)25(35)26(2,3)4/h23,32H,12-21H2,1-11H3,(H,30,33)(H,31,34). The summed E-state index contributed by atoms with van der Waals surface area (Å²) >= 11 is 0. The Morgan fingerprint density at radius 3 is 1.84 bits per heavy atom. The Balaban J connectivity index is 4.27. The van der Waals surface area contributed by atoms with E-state index >= 15 is 0 Å². The van der Waals surface area contributed by atoms with E-state index in [0.717, 1.165) is 19.3 Å². The molecule has 0 saturated carbocycles. The molecule has 3 N–H and O–H groups in total. The van der Waals surface area contributed by atoms with Gasteiger partial charge in [0.1, 0.15) is 0 Å². The van der Waals surface area contributed by atoms with Crippen molar-refractivity contribution < 1.29 is 23.9 Å². The Bertz CT molecular complexity index is 705. The number of amides is 2. The summed E-state index contributed by atoms with van der Waals surface area (Å²) in [6.45, 7) is 23.7. The Kier molecular flexibility index (Phi) is 15.1. The van der Waals surface area contributed by atoms with Crippen LogP contribution in [0.2, 0.25) is 0 Å². The fourth-order valence-corrected chi connectivity index (χ4v) is 3.79. The molecule has 0 radical (unpaired) electrons. The molecule has 0 rings (SSSR count). The number of unbranched alkanes of at least 4 members (excludes halogenated alkanes) is 1. The predicted molar refractivity (Wildman–Crippen MR) is 151 cm³/mol. The summed E-state index contributed by atoms with van der Waals surface area (Å²) in [5.41, 5.74) is -1.29. The van der Waals surface area contributed by atoms with Crippen molar-refractivity contribution in [1.29, 1.82) is 0 Å². The molecule has 8 nitrogen and oxygen atoms in total. The number of hydrogen-bond donors (Lipinski definition) is 3.